The average molecular weight is 517 g/mol. The zero-order valence-corrected chi connectivity index (χ0v) is 21.6. The van der Waals surface area contributed by atoms with Gasteiger partial charge in [-0.25, -0.2) is 0 Å². The predicted octanol–water partition coefficient (Wildman–Crippen LogP) is 2.70. The highest BCUT2D eigenvalue weighted by molar-refractivity contribution is 6.01. The Kier molecular flexibility index (Phi) is 8.26. The van der Waals surface area contributed by atoms with Crippen LogP contribution in [0.25, 0.3) is 10.9 Å². The van der Waals surface area contributed by atoms with Gasteiger partial charge in [0.1, 0.15) is 23.5 Å². The van der Waals surface area contributed by atoms with Crippen molar-refractivity contribution in [1.82, 2.24) is 20.5 Å². The molecule has 2 aliphatic heterocycles. The van der Waals surface area contributed by atoms with E-state index < -0.39 is 18.0 Å². The summed E-state index contributed by atoms with van der Waals surface area (Å²) in [6, 6.07) is 7.66. The number of H-pyrrole nitrogens is 1. The lowest BCUT2D eigenvalue weighted by Crippen LogP contribution is -2.49. The number of rotatable bonds is 9. The van der Waals surface area contributed by atoms with Crippen molar-refractivity contribution in [1.29, 1.82) is 5.26 Å². The molecule has 3 amide bonds. The smallest absolute Gasteiger partial charge is 0.271 e. The van der Waals surface area contributed by atoms with Crippen LogP contribution in [0.2, 0.25) is 0 Å². The van der Waals surface area contributed by atoms with Crippen molar-refractivity contribution in [2.75, 3.05) is 20.2 Å². The Morgan fingerprint density at radius 2 is 2.24 bits per heavy atom. The molecule has 0 saturated carbocycles. The van der Waals surface area contributed by atoms with Gasteiger partial charge in [-0.2, -0.15) is 5.26 Å². The van der Waals surface area contributed by atoms with Crippen molar-refractivity contribution >= 4 is 34.8 Å². The largest absolute Gasteiger partial charge is 0.496 e. The van der Waals surface area contributed by atoms with Gasteiger partial charge in [0.15, 0.2) is 0 Å². The van der Waals surface area contributed by atoms with Crippen LogP contribution in [0, 0.1) is 23.2 Å². The number of methoxy groups -OCH3 is 1. The fraction of sp³-hybridized carbons (Fsp3) is 0.393. The molecule has 10 nitrogen and oxygen atoms in total. The zero-order chi connectivity index (χ0) is 27.2. The first-order valence-corrected chi connectivity index (χ1v) is 12.6. The molecule has 2 saturated heterocycles. The summed E-state index contributed by atoms with van der Waals surface area (Å²) in [6.45, 7) is 6.78. The van der Waals surface area contributed by atoms with Gasteiger partial charge in [-0.05, 0) is 56.0 Å². The van der Waals surface area contributed by atoms with E-state index in [2.05, 4.69) is 33.3 Å². The number of likely N-dealkylation sites (tertiary alicyclic amines) is 1. The summed E-state index contributed by atoms with van der Waals surface area (Å²) in [5.74, 6) is -0.725. The maximum atomic E-state index is 13.7. The van der Waals surface area contributed by atoms with Crippen LogP contribution in [0.15, 0.2) is 53.7 Å². The molecular weight excluding hydrogens is 484 g/mol. The molecule has 0 aliphatic carbocycles. The van der Waals surface area contributed by atoms with Crippen LogP contribution >= 0.6 is 0 Å². The lowest BCUT2D eigenvalue weighted by Gasteiger charge is -2.25. The van der Waals surface area contributed by atoms with E-state index in [1.165, 1.54) is 4.90 Å². The maximum Gasteiger partial charge on any atom is 0.271 e. The number of hydrogen-bond acceptors (Lipinski definition) is 6. The third kappa shape index (κ3) is 5.62. The van der Waals surface area contributed by atoms with E-state index in [0.717, 1.165) is 16.5 Å². The van der Waals surface area contributed by atoms with E-state index in [1.807, 2.05) is 18.2 Å². The summed E-state index contributed by atoms with van der Waals surface area (Å²) in [4.78, 5) is 47.9. The Bertz CT molecular complexity index is 1340. The topological polar surface area (TPSA) is 140 Å². The van der Waals surface area contributed by atoms with Gasteiger partial charge in [-0.3, -0.25) is 19.4 Å². The van der Waals surface area contributed by atoms with Crippen LogP contribution in [-0.4, -0.2) is 66.1 Å². The number of nitrogens with one attached hydrogen (secondary N) is 3. The predicted molar refractivity (Wildman–Crippen MR) is 144 cm³/mol. The second kappa shape index (κ2) is 11.8. The van der Waals surface area contributed by atoms with E-state index in [4.69, 9.17) is 4.74 Å². The van der Waals surface area contributed by atoms with Crippen LogP contribution in [0.3, 0.4) is 0 Å². The average Bonchev–Trinajstić information content (AvgIpc) is 3.66. The minimum atomic E-state index is -0.841. The van der Waals surface area contributed by atoms with Crippen LogP contribution in [0.5, 0.6) is 5.75 Å². The van der Waals surface area contributed by atoms with E-state index in [1.54, 1.807) is 38.6 Å². The van der Waals surface area contributed by atoms with Gasteiger partial charge < -0.3 is 25.3 Å². The number of benzene rings is 1. The number of hydrogen-bond donors (Lipinski definition) is 3. The third-order valence-corrected chi connectivity index (χ3v) is 7.14. The minimum absolute atomic E-state index is 0.107. The number of fused-ring (bicyclic) bond motifs is 1. The molecule has 4 atom stereocenters. The lowest BCUT2D eigenvalue weighted by atomic mass is 9.96. The molecule has 3 heterocycles. The van der Waals surface area contributed by atoms with Crippen molar-refractivity contribution in [2.24, 2.45) is 16.8 Å². The number of nitrogens with zero attached hydrogens (tertiary/aromatic N) is 3. The first-order valence-electron chi connectivity index (χ1n) is 12.6. The highest BCUT2D eigenvalue weighted by Gasteiger charge is 2.41. The molecule has 10 heteroatoms. The summed E-state index contributed by atoms with van der Waals surface area (Å²) in [5, 5.41) is 16.0. The van der Waals surface area contributed by atoms with Gasteiger partial charge in [0.25, 0.3) is 5.91 Å². The molecular formula is C28H32N6O4. The molecule has 0 bridgehead atoms. The fourth-order valence-corrected chi connectivity index (χ4v) is 5.08. The molecule has 38 heavy (non-hydrogen) atoms. The van der Waals surface area contributed by atoms with Gasteiger partial charge in [0.05, 0.1) is 13.2 Å². The van der Waals surface area contributed by atoms with E-state index in [9.17, 15) is 19.6 Å². The highest BCUT2D eigenvalue weighted by Crippen LogP contribution is 2.32. The Balaban J connectivity index is 1.57. The van der Waals surface area contributed by atoms with Gasteiger partial charge in [-0.1, -0.05) is 12.6 Å². The number of carbonyl (C=O) groups is 3. The van der Waals surface area contributed by atoms with Crippen molar-refractivity contribution in [3.8, 4) is 11.8 Å². The number of amides is 3. The monoisotopic (exact) mass is 516 g/mol. The van der Waals surface area contributed by atoms with Gasteiger partial charge >= 0.3 is 0 Å². The molecule has 1 unspecified atom stereocenters. The molecule has 1 aromatic carbocycles. The number of allylic oxidation sites excluding steroid dienone is 1. The highest BCUT2D eigenvalue weighted by atomic mass is 16.5. The van der Waals surface area contributed by atoms with Crippen LogP contribution < -0.4 is 15.4 Å². The summed E-state index contributed by atoms with van der Waals surface area (Å²) in [5.41, 5.74) is 1.83. The molecule has 2 aliphatic rings. The quantitative estimate of drug-likeness (QED) is 0.347. The summed E-state index contributed by atoms with van der Waals surface area (Å²) >= 11 is 0. The third-order valence-electron chi connectivity index (χ3n) is 7.14. The van der Waals surface area contributed by atoms with Crippen LogP contribution in [-0.2, 0) is 9.59 Å². The van der Waals surface area contributed by atoms with Crippen molar-refractivity contribution in [3.63, 3.8) is 0 Å². The van der Waals surface area contributed by atoms with Crippen molar-refractivity contribution in [2.45, 2.75) is 38.3 Å². The van der Waals surface area contributed by atoms with Crippen LogP contribution in [0.4, 0.5) is 0 Å². The molecule has 0 radical (unpaired) electrons. The summed E-state index contributed by atoms with van der Waals surface area (Å²) in [7, 11) is 1.57. The number of aromatic nitrogens is 1. The van der Waals surface area contributed by atoms with Gasteiger partial charge in [0, 0.05) is 48.2 Å². The Hall–Kier alpha value is -4.39. The molecule has 0 spiro atoms. The minimum Gasteiger partial charge on any atom is -0.496 e. The molecule has 1 aromatic heterocycles. The lowest BCUT2D eigenvalue weighted by molar-refractivity contribution is -0.126. The second-order valence-corrected chi connectivity index (χ2v) is 9.51. The standard InChI is InChI=1S/C28H32N6O4/c1-4-30-10-8-17(2)19-13-24(27(36)32-20(15-29)12-18-9-11-31-26(18)35)34(16-19)28(37)23-14-21-22(33-23)6-5-7-25(21)38-3/h4-8,10,14,18-20,24,33H,2,9,11-13,16H2,1,3H3,(H,31,35)(H,32,36)/b10-8-,30-4?/t18?,19-,20+,24+/m1/s1. The summed E-state index contributed by atoms with van der Waals surface area (Å²) < 4.78 is 5.42. The van der Waals surface area contributed by atoms with Gasteiger partial charge in [0.2, 0.25) is 11.8 Å². The Morgan fingerprint density at radius 3 is 2.92 bits per heavy atom. The molecule has 2 fully saturated rings. The first-order chi connectivity index (χ1) is 18.4. The molecule has 2 aromatic rings. The Labute approximate surface area is 221 Å². The Morgan fingerprint density at radius 1 is 1.42 bits per heavy atom. The maximum absolute atomic E-state index is 13.7. The van der Waals surface area contributed by atoms with Crippen LogP contribution in [0.1, 0.15) is 36.7 Å². The first kappa shape index (κ1) is 26.7. The van der Waals surface area contributed by atoms with E-state index in [-0.39, 0.29) is 36.6 Å². The number of nitriles is 1. The number of ether oxygens (including phenoxy) is 1. The van der Waals surface area contributed by atoms with Gasteiger partial charge in [-0.15, -0.1) is 0 Å². The summed E-state index contributed by atoms with van der Waals surface area (Å²) in [6.07, 6.45) is 6.26. The molecule has 198 valence electrons. The fourth-order valence-electron chi connectivity index (χ4n) is 5.08. The van der Waals surface area contributed by atoms with E-state index >= 15 is 0 Å². The zero-order valence-electron chi connectivity index (χ0n) is 21.6. The second-order valence-electron chi connectivity index (χ2n) is 9.51. The number of carbonyl (C=O) groups excluding carboxylic acids is 3. The SMILES string of the molecule is C=C(/C=C\N=CC)[C@@H]1C[C@@H](C(=O)N[C@H](C#N)CC2CCNC2=O)N(C(=O)c2cc3c(OC)cccc3[nH]2)C1. The number of aliphatic imine (C=N–C) groups is 1. The molecule has 4 rings (SSSR count). The van der Waals surface area contributed by atoms with Crippen molar-refractivity contribution < 1.29 is 19.1 Å². The van der Waals surface area contributed by atoms with E-state index in [0.29, 0.717) is 30.8 Å². The molecule has 3 N–H and O–H groups in total. The van der Waals surface area contributed by atoms with Crippen molar-refractivity contribution in [3.05, 3.63) is 54.4 Å². The number of aromatic amines is 1. The normalized spacial score (nSPS) is 22.1.